The number of morpholine rings is 1. The van der Waals surface area contributed by atoms with Gasteiger partial charge >= 0.3 is 5.91 Å². The number of nitrogens with zero attached hydrogens (tertiary/aromatic N) is 1. The van der Waals surface area contributed by atoms with Crippen LogP contribution in [0.3, 0.4) is 0 Å². The predicted octanol–water partition coefficient (Wildman–Crippen LogP) is 0.628. The second-order valence-electron chi connectivity index (χ2n) is 5.80. The standard InChI is InChI=1S/C15H17BrN2O3/c1-9-6-17(7-10(2)21-9)8-18-13-4-3-11(16)5-12(13)14(19)15(18)20/h3-5,9-10H,6-8H2,1-2H3/p+1/t9-,10-/m0/s1. The molecule has 0 radical (unpaired) electrons. The van der Waals surface area contributed by atoms with E-state index in [9.17, 15) is 9.59 Å². The first-order valence-electron chi connectivity index (χ1n) is 7.10. The van der Waals surface area contributed by atoms with Crippen molar-refractivity contribution in [1.82, 2.24) is 0 Å². The van der Waals surface area contributed by atoms with Crippen molar-refractivity contribution in [2.24, 2.45) is 0 Å². The van der Waals surface area contributed by atoms with Gasteiger partial charge in [0.15, 0.2) is 6.67 Å². The number of halogens is 1. The van der Waals surface area contributed by atoms with Gasteiger partial charge < -0.3 is 9.64 Å². The van der Waals surface area contributed by atoms with Crippen molar-refractivity contribution in [2.45, 2.75) is 26.1 Å². The Kier molecular flexibility index (Phi) is 3.86. The summed E-state index contributed by atoms with van der Waals surface area (Å²) in [6.07, 6.45) is 0.336. The minimum Gasteiger partial charge on any atom is -0.364 e. The third kappa shape index (κ3) is 2.75. The first kappa shape index (κ1) is 14.7. The molecule has 3 rings (SSSR count). The molecule has 1 aromatic rings. The molecule has 0 spiro atoms. The zero-order valence-electron chi connectivity index (χ0n) is 12.1. The third-order valence-corrected chi connectivity index (χ3v) is 4.43. The summed E-state index contributed by atoms with van der Waals surface area (Å²) in [5.41, 5.74) is 1.20. The number of ether oxygens (including phenoxy) is 1. The van der Waals surface area contributed by atoms with E-state index in [1.54, 1.807) is 11.0 Å². The average Bonchev–Trinajstić information content (AvgIpc) is 2.63. The van der Waals surface area contributed by atoms with E-state index in [-0.39, 0.29) is 12.2 Å². The molecule has 0 aromatic heterocycles. The number of benzene rings is 1. The molecule has 0 unspecified atom stereocenters. The number of fused-ring (bicyclic) bond motifs is 1. The summed E-state index contributed by atoms with van der Waals surface area (Å²) in [7, 11) is 0. The van der Waals surface area contributed by atoms with Gasteiger partial charge in [-0.25, -0.2) is 0 Å². The molecule has 2 aliphatic heterocycles. The van der Waals surface area contributed by atoms with Crippen LogP contribution >= 0.6 is 15.9 Å². The Balaban J connectivity index is 1.83. The average molecular weight is 354 g/mol. The van der Waals surface area contributed by atoms with Crippen LogP contribution in [0.4, 0.5) is 5.69 Å². The number of carbonyl (C=O) groups excluding carboxylic acids is 2. The number of rotatable bonds is 2. The van der Waals surface area contributed by atoms with Gasteiger partial charge in [-0.2, -0.15) is 0 Å². The summed E-state index contributed by atoms with van der Waals surface area (Å²) < 4.78 is 6.53. The lowest BCUT2D eigenvalue weighted by Gasteiger charge is -2.34. The summed E-state index contributed by atoms with van der Waals surface area (Å²) in [6.45, 7) is 6.27. The van der Waals surface area contributed by atoms with E-state index in [0.29, 0.717) is 17.9 Å². The third-order valence-electron chi connectivity index (χ3n) is 3.93. The number of nitrogens with one attached hydrogen (secondary N) is 1. The van der Waals surface area contributed by atoms with E-state index in [2.05, 4.69) is 15.9 Å². The lowest BCUT2D eigenvalue weighted by molar-refractivity contribution is -0.913. The number of carbonyl (C=O) groups is 2. The molecule has 1 fully saturated rings. The highest BCUT2D eigenvalue weighted by atomic mass is 79.9. The fourth-order valence-electron chi connectivity index (χ4n) is 3.17. The quantitative estimate of drug-likeness (QED) is 0.793. The van der Waals surface area contributed by atoms with Crippen LogP contribution in [0.25, 0.3) is 0 Å². The molecule has 2 aliphatic rings. The number of quaternary nitrogens is 1. The Morgan fingerprint density at radius 2 is 1.95 bits per heavy atom. The zero-order valence-corrected chi connectivity index (χ0v) is 13.6. The maximum Gasteiger partial charge on any atom is 0.303 e. The number of hydrogen-bond donors (Lipinski definition) is 1. The van der Waals surface area contributed by atoms with Gasteiger partial charge in [0.25, 0.3) is 5.78 Å². The van der Waals surface area contributed by atoms with E-state index < -0.39 is 11.7 Å². The van der Waals surface area contributed by atoms with E-state index in [0.717, 1.165) is 17.6 Å². The lowest BCUT2D eigenvalue weighted by atomic mass is 10.1. The summed E-state index contributed by atoms with van der Waals surface area (Å²) in [4.78, 5) is 27.2. The Morgan fingerprint density at radius 1 is 1.29 bits per heavy atom. The molecule has 1 aromatic carbocycles. The number of anilines is 1. The molecular formula is C15H18BrN2O3+. The van der Waals surface area contributed by atoms with E-state index in [1.165, 1.54) is 4.90 Å². The Morgan fingerprint density at radius 3 is 2.62 bits per heavy atom. The van der Waals surface area contributed by atoms with Crippen LogP contribution in [0.2, 0.25) is 0 Å². The van der Waals surface area contributed by atoms with Crippen molar-refractivity contribution in [3.63, 3.8) is 0 Å². The van der Waals surface area contributed by atoms with Gasteiger partial charge in [-0.3, -0.25) is 14.5 Å². The highest BCUT2D eigenvalue weighted by Gasteiger charge is 2.39. The van der Waals surface area contributed by atoms with Crippen molar-refractivity contribution in [1.29, 1.82) is 0 Å². The van der Waals surface area contributed by atoms with E-state index >= 15 is 0 Å². The van der Waals surface area contributed by atoms with Crippen molar-refractivity contribution >= 4 is 33.3 Å². The van der Waals surface area contributed by atoms with Crippen LogP contribution < -0.4 is 9.80 Å². The van der Waals surface area contributed by atoms with Gasteiger partial charge in [0.05, 0.1) is 11.3 Å². The highest BCUT2D eigenvalue weighted by Crippen LogP contribution is 2.30. The van der Waals surface area contributed by atoms with Crippen LogP contribution in [0, 0.1) is 0 Å². The molecule has 1 amide bonds. The van der Waals surface area contributed by atoms with Crippen molar-refractivity contribution < 1.29 is 19.2 Å². The summed E-state index contributed by atoms with van der Waals surface area (Å²) in [6, 6.07) is 5.40. The Bertz CT molecular complexity index is 595. The summed E-state index contributed by atoms with van der Waals surface area (Å²) in [5, 5.41) is 0. The van der Waals surface area contributed by atoms with E-state index in [4.69, 9.17) is 4.74 Å². The van der Waals surface area contributed by atoms with Crippen LogP contribution in [-0.4, -0.2) is 43.7 Å². The zero-order chi connectivity index (χ0) is 15.1. The molecular weight excluding hydrogens is 336 g/mol. The molecule has 0 bridgehead atoms. The minimum absolute atomic E-state index is 0.168. The van der Waals surface area contributed by atoms with Crippen LogP contribution in [0.5, 0.6) is 0 Å². The van der Waals surface area contributed by atoms with Gasteiger partial charge in [0.2, 0.25) is 0 Å². The smallest absolute Gasteiger partial charge is 0.303 e. The number of Topliss-reactive ketones (excluding diaryl/α,β-unsaturated/α-hetero) is 1. The number of hydrogen-bond acceptors (Lipinski definition) is 3. The maximum absolute atomic E-state index is 12.2. The molecule has 21 heavy (non-hydrogen) atoms. The van der Waals surface area contributed by atoms with Crippen LogP contribution in [-0.2, 0) is 9.53 Å². The summed E-state index contributed by atoms with van der Waals surface area (Å²) in [5.74, 6) is -0.845. The molecule has 2 heterocycles. The van der Waals surface area contributed by atoms with Gasteiger partial charge in [0.1, 0.15) is 25.3 Å². The van der Waals surface area contributed by atoms with E-state index in [1.807, 2.05) is 26.0 Å². The summed E-state index contributed by atoms with van der Waals surface area (Å²) >= 11 is 3.34. The first-order chi connectivity index (χ1) is 9.95. The topological polar surface area (TPSA) is 51.0 Å². The molecule has 1 N–H and O–H groups in total. The molecule has 112 valence electrons. The molecule has 6 heteroatoms. The number of ketones is 1. The molecule has 1 saturated heterocycles. The Hall–Kier alpha value is -1.24. The maximum atomic E-state index is 12.2. The van der Waals surface area contributed by atoms with Gasteiger partial charge in [-0.05, 0) is 32.0 Å². The van der Waals surface area contributed by atoms with Gasteiger partial charge in [0, 0.05) is 4.47 Å². The fraction of sp³-hybridized carbons (Fsp3) is 0.467. The normalized spacial score (nSPS) is 28.9. The predicted molar refractivity (Wildman–Crippen MR) is 81.5 cm³/mol. The second-order valence-corrected chi connectivity index (χ2v) is 6.71. The minimum atomic E-state index is -0.428. The Labute approximate surface area is 132 Å². The van der Waals surface area contributed by atoms with Crippen molar-refractivity contribution in [3.05, 3.63) is 28.2 Å². The largest absolute Gasteiger partial charge is 0.364 e. The monoisotopic (exact) mass is 353 g/mol. The van der Waals surface area contributed by atoms with Crippen LogP contribution in [0.15, 0.2) is 22.7 Å². The SMILES string of the molecule is C[C@H]1C[NH+](CN2C(=O)C(=O)c3cc(Br)ccc32)C[C@H](C)O1. The van der Waals surface area contributed by atoms with Crippen molar-refractivity contribution in [3.8, 4) is 0 Å². The first-order valence-corrected chi connectivity index (χ1v) is 7.89. The fourth-order valence-corrected chi connectivity index (χ4v) is 3.53. The molecule has 5 nitrogen and oxygen atoms in total. The van der Waals surface area contributed by atoms with Crippen molar-refractivity contribution in [2.75, 3.05) is 24.7 Å². The molecule has 2 atom stereocenters. The molecule has 0 aliphatic carbocycles. The lowest BCUT2D eigenvalue weighted by Crippen LogP contribution is -3.17. The second kappa shape index (κ2) is 5.51. The highest BCUT2D eigenvalue weighted by molar-refractivity contribution is 9.10. The van der Waals surface area contributed by atoms with Gasteiger partial charge in [-0.1, -0.05) is 15.9 Å². The van der Waals surface area contributed by atoms with Gasteiger partial charge in [-0.15, -0.1) is 0 Å². The molecule has 0 saturated carbocycles. The number of amides is 1. The van der Waals surface area contributed by atoms with Crippen LogP contribution in [0.1, 0.15) is 24.2 Å².